The summed E-state index contributed by atoms with van der Waals surface area (Å²) in [6.07, 6.45) is -1.72. The van der Waals surface area contributed by atoms with E-state index in [9.17, 15) is 22.8 Å². The molecule has 3 rings (SSSR count). The van der Waals surface area contributed by atoms with E-state index in [2.05, 4.69) is 25.7 Å². The molecule has 0 spiro atoms. The molecule has 0 radical (unpaired) electrons. The summed E-state index contributed by atoms with van der Waals surface area (Å²) in [5, 5.41) is 14.7. The van der Waals surface area contributed by atoms with Gasteiger partial charge in [0.2, 0.25) is 11.8 Å². The Labute approximate surface area is 200 Å². The van der Waals surface area contributed by atoms with Crippen molar-refractivity contribution in [3.05, 3.63) is 47.5 Å². The Morgan fingerprint density at radius 1 is 1.12 bits per heavy atom. The van der Waals surface area contributed by atoms with E-state index in [4.69, 9.17) is 0 Å². The van der Waals surface area contributed by atoms with Crippen molar-refractivity contribution >= 4 is 29.4 Å². The van der Waals surface area contributed by atoms with Crippen LogP contribution in [0.25, 0.3) is 0 Å². The Morgan fingerprint density at radius 3 is 2.53 bits per heavy atom. The number of halogens is 3. The van der Waals surface area contributed by atoms with E-state index in [0.29, 0.717) is 29.5 Å². The normalized spacial score (nSPS) is 16.2. The third-order valence-electron chi connectivity index (χ3n) is 5.41. The summed E-state index contributed by atoms with van der Waals surface area (Å²) in [6.45, 7) is 4.25. The topological polar surface area (TPSA) is 87.2 Å². The van der Waals surface area contributed by atoms with Gasteiger partial charge >= 0.3 is 6.18 Å². The molecule has 34 heavy (non-hydrogen) atoms. The molecule has 1 aromatic heterocycles. The molecule has 1 fully saturated rings. The number of hydrogen-bond acceptors (Lipinski definition) is 6. The lowest BCUT2D eigenvalue weighted by Crippen LogP contribution is -2.43. The van der Waals surface area contributed by atoms with Gasteiger partial charge in [-0.3, -0.25) is 9.59 Å². The molecular weight excluding hydrogens is 467 g/mol. The Hall–Kier alpha value is -2.82. The van der Waals surface area contributed by atoms with Crippen LogP contribution < -0.4 is 15.5 Å². The molecule has 2 amide bonds. The summed E-state index contributed by atoms with van der Waals surface area (Å²) in [4.78, 5) is 26.4. The van der Waals surface area contributed by atoms with Crippen LogP contribution in [0, 0.1) is 5.92 Å². The van der Waals surface area contributed by atoms with Crippen molar-refractivity contribution in [3.8, 4) is 0 Å². The van der Waals surface area contributed by atoms with Crippen molar-refractivity contribution in [2.45, 2.75) is 43.9 Å². The first-order valence-corrected chi connectivity index (χ1v) is 12.2. The van der Waals surface area contributed by atoms with Gasteiger partial charge in [-0.05, 0) is 49.1 Å². The molecule has 0 bridgehead atoms. The number of amides is 2. The maximum atomic E-state index is 12.6. The molecule has 11 heteroatoms. The lowest BCUT2D eigenvalue weighted by molar-refractivity contribution is -0.137. The van der Waals surface area contributed by atoms with E-state index >= 15 is 0 Å². The SMILES string of the molecule is CCCNC(=O)C1CCCN(c2ccc(SCC(=O)NCc3ccc(C(F)(F)F)cc3)nn2)C1. The molecule has 2 aromatic rings. The maximum Gasteiger partial charge on any atom is 0.416 e. The number of rotatable bonds is 9. The van der Waals surface area contributed by atoms with Crippen molar-refractivity contribution in [2.75, 3.05) is 30.3 Å². The summed E-state index contributed by atoms with van der Waals surface area (Å²) in [6, 6.07) is 8.31. The van der Waals surface area contributed by atoms with Gasteiger partial charge in [-0.1, -0.05) is 30.8 Å². The molecule has 0 saturated carbocycles. The fourth-order valence-electron chi connectivity index (χ4n) is 3.55. The number of carbonyl (C=O) groups excluding carboxylic acids is 2. The zero-order chi connectivity index (χ0) is 24.6. The van der Waals surface area contributed by atoms with Crippen LogP contribution in [0.15, 0.2) is 41.4 Å². The van der Waals surface area contributed by atoms with Gasteiger partial charge in [0.25, 0.3) is 0 Å². The molecule has 2 heterocycles. The van der Waals surface area contributed by atoms with Gasteiger partial charge in [-0.2, -0.15) is 13.2 Å². The van der Waals surface area contributed by atoms with E-state index in [0.717, 1.165) is 37.9 Å². The van der Waals surface area contributed by atoms with E-state index in [1.165, 1.54) is 23.9 Å². The molecule has 184 valence electrons. The standard InChI is InChI=1S/C23H28F3N5O2S/c1-2-11-27-22(33)17-4-3-12-31(14-17)19-9-10-21(30-29-19)34-15-20(32)28-13-16-5-7-18(8-6-16)23(24,25)26/h5-10,17H,2-4,11-15H2,1H3,(H,27,33)(H,28,32). The highest BCUT2D eigenvalue weighted by Crippen LogP contribution is 2.29. The number of hydrogen-bond donors (Lipinski definition) is 2. The van der Waals surface area contributed by atoms with Crippen LogP contribution in [0.2, 0.25) is 0 Å². The fourth-order valence-corrected chi connectivity index (χ4v) is 4.20. The van der Waals surface area contributed by atoms with E-state index < -0.39 is 11.7 Å². The number of nitrogens with zero attached hydrogens (tertiary/aromatic N) is 3. The molecule has 7 nitrogen and oxygen atoms in total. The first-order valence-electron chi connectivity index (χ1n) is 11.2. The van der Waals surface area contributed by atoms with Crippen LogP contribution >= 0.6 is 11.8 Å². The van der Waals surface area contributed by atoms with E-state index in [1.54, 1.807) is 6.07 Å². The van der Waals surface area contributed by atoms with Crippen LogP contribution in [0.4, 0.5) is 19.0 Å². The van der Waals surface area contributed by atoms with Gasteiger partial charge in [-0.15, -0.1) is 10.2 Å². The minimum atomic E-state index is -4.38. The number of piperidine rings is 1. The smallest absolute Gasteiger partial charge is 0.356 e. The largest absolute Gasteiger partial charge is 0.416 e. The molecule has 1 saturated heterocycles. The zero-order valence-corrected chi connectivity index (χ0v) is 19.7. The third-order valence-corrected chi connectivity index (χ3v) is 6.33. The van der Waals surface area contributed by atoms with Gasteiger partial charge in [0, 0.05) is 26.2 Å². The number of anilines is 1. The highest BCUT2D eigenvalue weighted by molar-refractivity contribution is 7.99. The molecule has 1 aliphatic heterocycles. The van der Waals surface area contributed by atoms with Gasteiger partial charge in [-0.25, -0.2) is 0 Å². The molecule has 0 aliphatic carbocycles. The van der Waals surface area contributed by atoms with Crippen LogP contribution in [0.3, 0.4) is 0 Å². The summed E-state index contributed by atoms with van der Waals surface area (Å²) < 4.78 is 37.8. The van der Waals surface area contributed by atoms with Crippen molar-refractivity contribution < 1.29 is 22.8 Å². The maximum absolute atomic E-state index is 12.6. The van der Waals surface area contributed by atoms with Crippen LogP contribution in [0.5, 0.6) is 0 Å². The molecule has 2 N–H and O–H groups in total. The minimum Gasteiger partial charge on any atom is -0.356 e. The molecule has 1 atom stereocenters. The summed E-state index contributed by atoms with van der Waals surface area (Å²) in [5.41, 5.74) is -0.140. The molecule has 1 unspecified atom stereocenters. The predicted octanol–water partition coefficient (Wildman–Crippen LogP) is 3.65. The number of nitrogens with one attached hydrogen (secondary N) is 2. The number of alkyl halides is 3. The van der Waals surface area contributed by atoms with Crippen LogP contribution in [-0.4, -0.2) is 47.4 Å². The number of carbonyl (C=O) groups is 2. The molecular formula is C23H28F3N5O2S. The summed E-state index contributed by atoms with van der Waals surface area (Å²) in [7, 11) is 0. The number of benzene rings is 1. The van der Waals surface area contributed by atoms with Crippen molar-refractivity contribution in [2.24, 2.45) is 5.92 Å². The molecule has 1 aromatic carbocycles. The van der Waals surface area contributed by atoms with Crippen LogP contribution in [-0.2, 0) is 22.3 Å². The predicted molar refractivity (Wildman–Crippen MR) is 124 cm³/mol. The van der Waals surface area contributed by atoms with E-state index in [-0.39, 0.29) is 30.0 Å². The highest BCUT2D eigenvalue weighted by atomic mass is 32.2. The Kier molecular flexibility index (Phi) is 9.14. The van der Waals surface area contributed by atoms with E-state index in [1.807, 2.05) is 13.0 Å². The fraction of sp³-hybridized carbons (Fsp3) is 0.478. The van der Waals surface area contributed by atoms with Gasteiger partial charge in [0.15, 0.2) is 5.82 Å². The highest BCUT2D eigenvalue weighted by Gasteiger charge is 2.30. The number of aromatic nitrogens is 2. The Morgan fingerprint density at radius 2 is 1.88 bits per heavy atom. The Balaban J connectivity index is 1.43. The second-order valence-corrected chi connectivity index (χ2v) is 9.06. The second-order valence-electron chi connectivity index (χ2n) is 8.07. The zero-order valence-electron chi connectivity index (χ0n) is 18.9. The monoisotopic (exact) mass is 495 g/mol. The first kappa shape index (κ1) is 25.8. The van der Waals surface area contributed by atoms with Gasteiger partial charge in [0.1, 0.15) is 5.03 Å². The minimum absolute atomic E-state index is 0.0653. The first-order chi connectivity index (χ1) is 16.3. The van der Waals surface area contributed by atoms with Gasteiger partial charge < -0.3 is 15.5 Å². The lowest BCUT2D eigenvalue weighted by atomic mass is 9.97. The average molecular weight is 496 g/mol. The van der Waals surface area contributed by atoms with Crippen LogP contribution in [0.1, 0.15) is 37.3 Å². The molecule has 1 aliphatic rings. The lowest BCUT2D eigenvalue weighted by Gasteiger charge is -2.32. The van der Waals surface area contributed by atoms with Crippen molar-refractivity contribution in [1.82, 2.24) is 20.8 Å². The Bertz CT molecular complexity index is 955. The second kappa shape index (κ2) is 12.0. The summed E-state index contributed by atoms with van der Waals surface area (Å²) in [5.74, 6) is 0.563. The summed E-state index contributed by atoms with van der Waals surface area (Å²) >= 11 is 1.22. The quantitative estimate of drug-likeness (QED) is 0.517. The average Bonchev–Trinajstić information content (AvgIpc) is 2.85. The van der Waals surface area contributed by atoms with Crippen molar-refractivity contribution in [3.63, 3.8) is 0 Å². The van der Waals surface area contributed by atoms with Crippen molar-refractivity contribution in [1.29, 1.82) is 0 Å². The van der Waals surface area contributed by atoms with Gasteiger partial charge in [0.05, 0.1) is 17.2 Å². The third kappa shape index (κ3) is 7.61. The number of thioether (sulfide) groups is 1.